The smallest absolute Gasteiger partial charge is 0.325 e. The highest BCUT2D eigenvalue weighted by Gasteiger charge is 2.31. The lowest BCUT2D eigenvalue weighted by molar-refractivity contribution is -0.142. The van der Waals surface area contributed by atoms with Gasteiger partial charge in [-0.05, 0) is 37.8 Å². The van der Waals surface area contributed by atoms with Crippen molar-refractivity contribution >= 4 is 11.7 Å². The number of carbonyl (C=O) groups is 1. The normalized spacial score (nSPS) is 18.7. The van der Waals surface area contributed by atoms with Gasteiger partial charge in [-0.2, -0.15) is 0 Å². The van der Waals surface area contributed by atoms with Crippen LogP contribution in [0.2, 0.25) is 0 Å². The largest absolute Gasteiger partial charge is 0.480 e. The Hall–Kier alpha value is -1.55. The van der Waals surface area contributed by atoms with Gasteiger partial charge < -0.3 is 15.7 Å². The van der Waals surface area contributed by atoms with Crippen LogP contribution in [-0.4, -0.2) is 29.7 Å². The number of nitrogens with two attached hydrogens (primary N) is 1. The second kappa shape index (κ2) is 4.98. The number of hydrogen-bond acceptors (Lipinski definition) is 3. The molecule has 4 nitrogen and oxygen atoms in total. The van der Waals surface area contributed by atoms with E-state index in [1.54, 1.807) is 6.92 Å². The number of para-hydroxylation sites is 1. The Balaban J connectivity index is 2.26. The number of nitrogens with zero attached hydrogens (tertiary/aromatic N) is 1. The molecule has 1 aromatic rings. The predicted molar refractivity (Wildman–Crippen MR) is 71.8 cm³/mol. The van der Waals surface area contributed by atoms with Gasteiger partial charge in [0.15, 0.2) is 0 Å². The molecule has 18 heavy (non-hydrogen) atoms. The Labute approximate surface area is 107 Å². The zero-order valence-electron chi connectivity index (χ0n) is 10.7. The van der Waals surface area contributed by atoms with Crippen molar-refractivity contribution in [1.82, 2.24) is 0 Å². The van der Waals surface area contributed by atoms with Crippen molar-refractivity contribution < 1.29 is 9.90 Å². The van der Waals surface area contributed by atoms with Crippen molar-refractivity contribution in [2.75, 3.05) is 18.0 Å². The highest BCUT2D eigenvalue weighted by molar-refractivity contribution is 5.79. The Kier molecular flexibility index (Phi) is 3.57. The summed E-state index contributed by atoms with van der Waals surface area (Å²) in [6.45, 7) is 2.79. The molecule has 0 aliphatic carbocycles. The fraction of sp³-hybridized carbons (Fsp3) is 0.500. The molecule has 0 aromatic heterocycles. The van der Waals surface area contributed by atoms with E-state index in [9.17, 15) is 4.79 Å². The molecule has 2 rings (SSSR count). The van der Waals surface area contributed by atoms with Gasteiger partial charge in [0.05, 0.1) is 0 Å². The maximum Gasteiger partial charge on any atom is 0.325 e. The standard InChI is InChI=1S/C14H20N2O2/c1-14(15,13(17)18)10-16-9-5-4-7-11-6-2-3-8-12(11)16/h2-3,6,8H,4-5,7,9-10,15H2,1H3,(H,17,18). The van der Waals surface area contributed by atoms with Crippen molar-refractivity contribution in [3.63, 3.8) is 0 Å². The van der Waals surface area contributed by atoms with Crippen LogP contribution in [0.5, 0.6) is 0 Å². The van der Waals surface area contributed by atoms with E-state index in [1.807, 2.05) is 12.1 Å². The summed E-state index contributed by atoms with van der Waals surface area (Å²) in [6, 6.07) is 8.19. The number of aliphatic carboxylic acids is 1. The van der Waals surface area contributed by atoms with Crippen LogP contribution < -0.4 is 10.6 Å². The SMILES string of the molecule is CC(N)(CN1CCCCc2ccccc21)C(=O)O. The molecule has 3 N–H and O–H groups in total. The van der Waals surface area contributed by atoms with Crippen molar-refractivity contribution in [3.8, 4) is 0 Å². The van der Waals surface area contributed by atoms with Gasteiger partial charge in [0.2, 0.25) is 0 Å². The summed E-state index contributed by atoms with van der Waals surface area (Å²) in [6.07, 6.45) is 3.27. The maximum atomic E-state index is 11.1. The van der Waals surface area contributed by atoms with E-state index >= 15 is 0 Å². The zero-order valence-corrected chi connectivity index (χ0v) is 10.7. The van der Waals surface area contributed by atoms with E-state index in [-0.39, 0.29) is 0 Å². The lowest BCUT2D eigenvalue weighted by atomic mass is 10.0. The Morgan fingerprint density at radius 1 is 1.44 bits per heavy atom. The molecule has 0 saturated carbocycles. The summed E-state index contributed by atoms with van der Waals surface area (Å²) < 4.78 is 0. The molecule has 0 bridgehead atoms. The summed E-state index contributed by atoms with van der Waals surface area (Å²) in [7, 11) is 0. The first kappa shape index (κ1) is 12.9. The van der Waals surface area contributed by atoms with E-state index in [0.717, 1.165) is 31.5 Å². The van der Waals surface area contributed by atoms with Gasteiger partial charge in [-0.1, -0.05) is 18.2 Å². The number of rotatable bonds is 3. The minimum Gasteiger partial charge on any atom is -0.480 e. The Morgan fingerprint density at radius 2 is 2.17 bits per heavy atom. The summed E-state index contributed by atoms with van der Waals surface area (Å²) in [5.74, 6) is -0.954. The van der Waals surface area contributed by atoms with Crippen LogP contribution >= 0.6 is 0 Å². The molecule has 1 unspecified atom stereocenters. The van der Waals surface area contributed by atoms with Crippen molar-refractivity contribution in [1.29, 1.82) is 0 Å². The van der Waals surface area contributed by atoms with Gasteiger partial charge in [0.1, 0.15) is 5.54 Å². The van der Waals surface area contributed by atoms with Gasteiger partial charge in [0.25, 0.3) is 0 Å². The maximum absolute atomic E-state index is 11.1. The first-order chi connectivity index (χ1) is 8.50. The van der Waals surface area contributed by atoms with E-state index in [0.29, 0.717) is 6.54 Å². The van der Waals surface area contributed by atoms with E-state index < -0.39 is 11.5 Å². The number of benzene rings is 1. The van der Waals surface area contributed by atoms with Crippen LogP contribution in [-0.2, 0) is 11.2 Å². The van der Waals surface area contributed by atoms with Gasteiger partial charge in [0, 0.05) is 18.8 Å². The summed E-state index contributed by atoms with van der Waals surface area (Å²) in [5.41, 5.74) is 7.07. The lowest BCUT2D eigenvalue weighted by Gasteiger charge is -2.31. The topological polar surface area (TPSA) is 66.6 Å². The van der Waals surface area contributed by atoms with Crippen LogP contribution in [0.15, 0.2) is 24.3 Å². The van der Waals surface area contributed by atoms with Crippen LogP contribution in [0.3, 0.4) is 0 Å². The third kappa shape index (κ3) is 2.64. The average Bonchev–Trinajstić information content (AvgIpc) is 2.52. The molecule has 0 radical (unpaired) electrons. The zero-order chi connectivity index (χ0) is 13.2. The van der Waals surface area contributed by atoms with Gasteiger partial charge in [-0.3, -0.25) is 4.79 Å². The molecule has 1 atom stereocenters. The van der Waals surface area contributed by atoms with Gasteiger partial charge in [-0.15, -0.1) is 0 Å². The third-order valence-electron chi connectivity index (χ3n) is 3.46. The fourth-order valence-corrected chi connectivity index (χ4v) is 2.40. The van der Waals surface area contributed by atoms with E-state index in [4.69, 9.17) is 10.8 Å². The van der Waals surface area contributed by atoms with Crippen LogP contribution in [0.4, 0.5) is 5.69 Å². The first-order valence-corrected chi connectivity index (χ1v) is 6.36. The second-order valence-electron chi connectivity index (χ2n) is 5.23. The summed E-state index contributed by atoms with van der Waals surface area (Å²) >= 11 is 0. The number of hydrogen-bond donors (Lipinski definition) is 2. The molecule has 4 heteroatoms. The highest BCUT2D eigenvalue weighted by Crippen LogP contribution is 2.26. The molecule has 0 fully saturated rings. The second-order valence-corrected chi connectivity index (χ2v) is 5.23. The number of aryl methyl sites for hydroxylation is 1. The fourth-order valence-electron chi connectivity index (χ4n) is 2.40. The Morgan fingerprint density at radius 3 is 2.89 bits per heavy atom. The Bertz CT molecular complexity index is 443. The molecule has 98 valence electrons. The molecular formula is C14H20N2O2. The van der Waals surface area contributed by atoms with E-state index in [2.05, 4.69) is 17.0 Å². The van der Waals surface area contributed by atoms with Crippen LogP contribution in [0.25, 0.3) is 0 Å². The van der Waals surface area contributed by atoms with Crippen LogP contribution in [0.1, 0.15) is 25.3 Å². The number of fused-ring (bicyclic) bond motifs is 1. The summed E-state index contributed by atoms with van der Waals surface area (Å²) in [5, 5.41) is 9.14. The number of carboxylic acid groups (broad SMARTS) is 1. The quantitative estimate of drug-likeness (QED) is 0.853. The molecule has 1 heterocycles. The molecule has 0 spiro atoms. The third-order valence-corrected chi connectivity index (χ3v) is 3.46. The predicted octanol–water partition coefficient (Wildman–Crippen LogP) is 1.63. The monoisotopic (exact) mass is 248 g/mol. The van der Waals surface area contributed by atoms with Gasteiger partial charge in [-0.25, -0.2) is 0 Å². The number of anilines is 1. The minimum absolute atomic E-state index is 0.347. The summed E-state index contributed by atoms with van der Waals surface area (Å²) in [4.78, 5) is 13.2. The van der Waals surface area contributed by atoms with E-state index in [1.165, 1.54) is 5.56 Å². The lowest BCUT2D eigenvalue weighted by Crippen LogP contribution is -2.54. The molecule has 1 aliphatic heterocycles. The van der Waals surface area contributed by atoms with Crippen LogP contribution in [0, 0.1) is 0 Å². The van der Waals surface area contributed by atoms with Crippen molar-refractivity contribution in [3.05, 3.63) is 29.8 Å². The van der Waals surface area contributed by atoms with Crippen molar-refractivity contribution in [2.45, 2.75) is 31.7 Å². The molecule has 0 saturated heterocycles. The van der Waals surface area contributed by atoms with Crippen molar-refractivity contribution in [2.24, 2.45) is 5.73 Å². The average molecular weight is 248 g/mol. The molecule has 1 aliphatic rings. The minimum atomic E-state index is -1.21. The molecular weight excluding hydrogens is 228 g/mol. The highest BCUT2D eigenvalue weighted by atomic mass is 16.4. The molecule has 1 aromatic carbocycles. The first-order valence-electron chi connectivity index (χ1n) is 6.36. The molecule has 0 amide bonds. The van der Waals surface area contributed by atoms with Gasteiger partial charge >= 0.3 is 5.97 Å². The number of carboxylic acids is 1.